The lowest BCUT2D eigenvalue weighted by atomic mass is 10.0. The van der Waals surface area contributed by atoms with Gasteiger partial charge in [0.15, 0.2) is 0 Å². The fraction of sp³-hybridized carbons (Fsp3) is 0.273. The molecule has 0 saturated heterocycles. The largest absolute Gasteiger partial charge is 0.468 e. The predicted molar refractivity (Wildman–Crippen MR) is 54.8 cm³/mol. The van der Waals surface area contributed by atoms with Gasteiger partial charge in [-0.05, 0) is 24.1 Å². The van der Waals surface area contributed by atoms with E-state index in [1.807, 2.05) is 0 Å². The van der Waals surface area contributed by atoms with Crippen LogP contribution < -0.4 is 5.73 Å². The molecule has 0 unspecified atom stereocenters. The molecule has 0 aliphatic rings. The van der Waals surface area contributed by atoms with Gasteiger partial charge in [-0.1, -0.05) is 6.07 Å². The van der Waals surface area contributed by atoms with E-state index < -0.39 is 17.8 Å². The first kappa shape index (κ1) is 12.1. The van der Waals surface area contributed by atoms with Gasteiger partial charge < -0.3 is 10.5 Å². The maximum Gasteiger partial charge on any atom is 0.322 e. The average Bonchev–Trinajstić information content (AvgIpc) is 2.30. The Morgan fingerprint density at radius 2 is 2.38 bits per heavy atom. The third-order valence-electron chi connectivity index (χ3n) is 2.11. The fourth-order valence-corrected chi connectivity index (χ4v) is 1.27. The van der Waals surface area contributed by atoms with Crippen molar-refractivity contribution < 1.29 is 13.9 Å². The first-order valence-electron chi connectivity index (χ1n) is 4.60. The second-order valence-corrected chi connectivity index (χ2v) is 3.26. The van der Waals surface area contributed by atoms with E-state index in [0.29, 0.717) is 5.56 Å². The maximum atomic E-state index is 13.0. The lowest BCUT2D eigenvalue weighted by molar-refractivity contribution is -0.142. The minimum atomic E-state index is -0.804. The van der Waals surface area contributed by atoms with Gasteiger partial charge in [-0.2, -0.15) is 5.26 Å². The van der Waals surface area contributed by atoms with E-state index in [-0.39, 0.29) is 12.0 Å². The van der Waals surface area contributed by atoms with Crippen molar-refractivity contribution in [2.24, 2.45) is 5.73 Å². The Kier molecular flexibility index (Phi) is 3.97. The molecule has 4 nitrogen and oxygen atoms in total. The number of methoxy groups -OCH3 is 1. The van der Waals surface area contributed by atoms with Gasteiger partial charge in [-0.25, -0.2) is 4.39 Å². The molecule has 1 aromatic carbocycles. The van der Waals surface area contributed by atoms with E-state index in [9.17, 15) is 9.18 Å². The number of halogens is 1. The summed E-state index contributed by atoms with van der Waals surface area (Å²) in [5, 5.41) is 8.62. The van der Waals surface area contributed by atoms with Crippen LogP contribution in [0.15, 0.2) is 18.2 Å². The third kappa shape index (κ3) is 2.78. The van der Waals surface area contributed by atoms with E-state index >= 15 is 0 Å². The molecule has 0 bridgehead atoms. The summed E-state index contributed by atoms with van der Waals surface area (Å²) in [6.45, 7) is 0. The topological polar surface area (TPSA) is 76.1 Å². The van der Waals surface area contributed by atoms with Gasteiger partial charge in [0.05, 0.1) is 12.7 Å². The number of benzene rings is 1. The predicted octanol–water partition coefficient (Wildman–Crippen LogP) is 0.740. The summed E-state index contributed by atoms with van der Waals surface area (Å²) in [5.41, 5.74) is 6.10. The van der Waals surface area contributed by atoms with Crippen LogP contribution in [-0.2, 0) is 16.0 Å². The molecule has 0 spiro atoms. The van der Waals surface area contributed by atoms with Gasteiger partial charge in [0.2, 0.25) is 0 Å². The second-order valence-electron chi connectivity index (χ2n) is 3.26. The first-order chi connectivity index (χ1) is 7.58. The third-order valence-corrected chi connectivity index (χ3v) is 2.11. The molecule has 2 N–H and O–H groups in total. The van der Waals surface area contributed by atoms with Gasteiger partial charge in [-0.15, -0.1) is 0 Å². The molecule has 0 saturated carbocycles. The number of esters is 1. The molecule has 1 aromatic rings. The number of hydrogen-bond donors (Lipinski definition) is 1. The molecule has 0 fully saturated rings. The van der Waals surface area contributed by atoms with Crippen molar-refractivity contribution in [3.05, 3.63) is 35.1 Å². The molecule has 5 heteroatoms. The second kappa shape index (κ2) is 5.24. The number of hydrogen-bond acceptors (Lipinski definition) is 4. The van der Waals surface area contributed by atoms with Crippen molar-refractivity contribution in [1.29, 1.82) is 5.26 Å². The number of rotatable bonds is 3. The molecule has 0 heterocycles. The van der Waals surface area contributed by atoms with E-state index in [0.717, 1.165) is 0 Å². The van der Waals surface area contributed by atoms with Crippen LogP contribution in [0.25, 0.3) is 0 Å². The molecule has 0 aliphatic carbocycles. The van der Waals surface area contributed by atoms with Crippen LogP contribution in [0.3, 0.4) is 0 Å². The Hall–Kier alpha value is -1.93. The summed E-state index contributed by atoms with van der Waals surface area (Å²) in [7, 11) is 1.24. The highest BCUT2D eigenvalue weighted by molar-refractivity contribution is 5.75. The summed E-state index contributed by atoms with van der Waals surface area (Å²) in [5.74, 6) is -1.12. The zero-order chi connectivity index (χ0) is 12.1. The van der Waals surface area contributed by atoms with Crippen molar-refractivity contribution in [2.75, 3.05) is 7.11 Å². The number of carbonyl (C=O) groups excluding carboxylic acids is 1. The van der Waals surface area contributed by atoms with Gasteiger partial charge in [-0.3, -0.25) is 4.79 Å². The van der Waals surface area contributed by atoms with Crippen LogP contribution >= 0.6 is 0 Å². The van der Waals surface area contributed by atoms with Crippen LogP contribution in [0, 0.1) is 17.1 Å². The Bertz CT molecular complexity index is 440. The van der Waals surface area contributed by atoms with Gasteiger partial charge in [0, 0.05) is 0 Å². The summed E-state index contributed by atoms with van der Waals surface area (Å²) in [4.78, 5) is 11.1. The molecule has 0 radical (unpaired) electrons. The Balaban J connectivity index is 2.83. The van der Waals surface area contributed by atoms with E-state index in [4.69, 9.17) is 11.0 Å². The summed E-state index contributed by atoms with van der Waals surface area (Å²) in [6.07, 6.45) is 0.210. The highest BCUT2D eigenvalue weighted by Crippen LogP contribution is 2.11. The zero-order valence-corrected chi connectivity index (χ0v) is 8.74. The number of nitriles is 1. The number of nitrogens with two attached hydrogens (primary N) is 1. The molecular weight excluding hydrogens is 211 g/mol. The standard InChI is InChI=1S/C11H11FN2O2/c1-16-11(15)10(14)5-7-2-3-9(12)8(4-7)6-13/h2-4,10H,5,14H2,1H3/t10-/m0/s1. The van der Waals surface area contributed by atoms with Crippen LogP contribution in [0.1, 0.15) is 11.1 Å². The molecule has 84 valence electrons. The van der Waals surface area contributed by atoms with Crippen molar-refractivity contribution in [3.63, 3.8) is 0 Å². The van der Waals surface area contributed by atoms with Crippen molar-refractivity contribution in [2.45, 2.75) is 12.5 Å². The molecule has 1 rings (SSSR count). The van der Waals surface area contributed by atoms with E-state index in [1.165, 1.54) is 25.3 Å². The Morgan fingerprint density at radius 1 is 1.69 bits per heavy atom. The minimum Gasteiger partial charge on any atom is -0.468 e. The highest BCUT2D eigenvalue weighted by Gasteiger charge is 2.15. The Labute approximate surface area is 92.4 Å². The lowest BCUT2D eigenvalue weighted by Crippen LogP contribution is -2.33. The molecule has 16 heavy (non-hydrogen) atoms. The first-order valence-corrected chi connectivity index (χ1v) is 4.60. The van der Waals surface area contributed by atoms with Crippen LogP contribution in [0.5, 0.6) is 0 Å². The number of carbonyl (C=O) groups is 1. The SMILES string of the molecule is COC(=O)[C@@H](N)Cc1ccc(F)c(C#N)c1. The minimum absolute atomic E-state index is 0.0606. The maximum absolute atomic E-state index is 13.0. The molecule has 0 aliphatic heterocycles. The van der Waals surface area contributed by atoms with E-state index in [1.54, 1.807) is 6.07 Å². The normalized spacial score (nSPS) is 11.6. The highest BCUT2D eigenvalue weighted by atomic mass is 19.1. The monoisotopic (exact) mass is 222 g/mol. The van der Waals surface area contributed by atoms with Crippen LogP contribution in [-0.4, -0.2) is 19.1 Å². The quantitative estimate of drug-likeness (QED) is 0.765. The van der Waals surface area contributed by atoms with Gasteiger partial charge >= 0.3 is 5.97 Å². The molecule has 1 atom stereocenters. The zero-order valence-electron chi connectivity index (χ0n) is 8.74. The average molecular weight is 222 g/mol. The summed E-state index contributed by atoms with van der Waals surface area (Å²) in [6, 6.07) is 4.95. The van der Waals surface area contributed by atoms with Gasteiger partial charge in [0.25, 0.3) is 0 Å². The molecule has 0 aromatic heterocycles. The van der Waals surface area contributed by atoms with Crippen molar-refractivity contribution >= 4 is 5.97 Å². The smallest absolute Gasteiger partial charge is 0.322 e. The van der Waals surface area contributed by atoms with E-state index in [2.05, 4.69) is 4.74 Å². The number of nitrogens with zero attached hydrogens (tertiary/aromatic N) is 1. The summed E-state index contributed by atoms with van der Waals surface area (Å²) < 4.78 is 17.4. The lowest BCUT2D eigenvalue weighted by Gasteiger charge is -2.09. The summed E-state index contributed by atoms with van der Waals surface area (Å²) >= 11 is 0. The van der Waals surface area contributed by atoms with Crippen LogP contribution in [0.4, 0.5) is 4.39 Å². The van der Waals surface area contributed by atoms with Crippen molar-refractivity contribution in [1.82, 2.24) is 0 Å². The Morgan fingerprint density at radius 3 is 2.94 bits per heavy atom. The molecule has 0 amide bonds. The number of ether oxygens (including phenoxy) is 1. The van der Waals surface area contributed by atoms with Crippen molar-refractivity contribution in [3.8, 4) is 6.07 Å². The van der Waals surface area contributed by atoms with Crippen LogP contribution in [0.2, 0.25) is 0 Å². The van der Waals surface area contributed by atoms with Gasteiger partial charge in [0.1, 0.15) is 17.9 Å². The fourth-order valence-electron chi connectivity index (χ4n) is 1.27. The molecular formula is C11H11FN2O2.